The molecule has 0 heterocycles. The van der Waals surface area contributed by atoms with Crippen LogP contribution in [-0.2, 0) is 0 Å². The summed E-state index contributed by atoms with van der Waals surface area (Å²) < 4.78 is 0. The molecule has 0 unspecified atom stereocenters. The van der Waals surface area contributed by atoms with Crippen LogP contribution in [-0.4, -0.2) is 6.04 Å². The van der Waals surface area contributed by atoms with Crippen molar-refractivity contribution in [3.05, 3.63) is 0 Å². The van der Waals surface area contributed by atoms with Crippen molar-refractivity contribution in [3.63, 3.8) is 0 Å². The highest BCUT2D eigenvalue weighted by molar-refractivity contribution is 4.80. The molecule has 1 nitrogen and oxygen atoms in total. The first kappa shape index (κ1) is 9.05. The lowest BCUT2D eigenvalue weighted by Crippen LogP contribution is -2.35. The molecule has 1 fully saturated rings. The summed E-state index contributed by atoms with van der Waals surface area (Å²) in [6.07, 6.45) is 6.67. The zero-order valence-corrected chi connectivity index (χ0v) is 7.84. The molecule has 1 aliphatic rings. The van der Waals surface area contributed by atoms with Crippen LogP contribution < -0.4 is 5.73 Å². The number of rotatable bonds is 2. The number of hydrogen-bond donors (Lipinski definition) is 1. The molecule has 0 amide bonds. The Bertz CT molecular complexity index is 111. The minimum Gasteiger partial charge on any atom is -0.327 e. The van der Waals surface area contributed by atoms with Crippen LogP contribution in [0.5, 0.6) is 0 Å². The highest BCUT2D eigenvalue weighted by atomic mass is 14.7. The van der Waals surface area contributed by atoms with E-state index in [1.54, 1.807) is 0 Å². The van der Waals surface area contributed by atoms with Gasteiger partial charge in [0.05, 0.1) is 0 Å². The van der Waals surface area contributed by atoms with Crippen molar-refractivity contribution in [2.75, 3.05) is 0 Å². The van der Waals surface area contributed by atoms with Gasteiger partial charge in [0, 0.05) is 6.04 Å². The topological polar surface area (TPSA) is 26.0 Å². The summed E-state index contributed by atoms with van der Waals surface area (Å²) >= 11 is 0. The summed E-state index contributed by atoms with van der Waals surface area (Å²) in [7, 11) is 0. The Morgan fingerprint density at radius 1 is 1.36 bits per heavy atom. The lowest BCUT2D eigenvalue weighted by atomic mass is 9.77. The molecule has 1 rings (SSSR count). The normalized spacial score (nSPS) is 39.0. The van der Waals surface area contributed by atoms with Gasteiger partial charge in [0.25, 0.3) is 0 Å². The van der Waals surface area contributed by atoms with Crippen LogP contribution in [0.2, 0.25) is 0 Å². The van der Waals surface area contributed by atoms with E-state index in [1.165, 1.54) is 32.1 Å². The molecule has 66 valence electrons. The SMILES string of the molecule is CCC[C@@H]1CC[C@H](C)C[C@H]1N. The Labute approximate surface area is 70.4 Å². The lowest BCUT2D eigenvalue weighted by molar-refractivity contribution is 0.237. The van der Waals surface area contributed by atoms with Crippen molar-refractivity contribution < 1.29 is 0 Å². The molecular formula is C10H21N. The third kappa shape index (κ3) is 2.48. The van der Waals surface area contributed by atoms with Crippen LogP contribution >= 0.6 is 0 Å². The maximum absolute atomic E-state index is 6.06. The second-order valence-electron chi connectivity index (χ2n) is 4.13. The fourth-order valence-corrected chi connectivity index (χ4v) is 2.22. The van der Waals surface area contributed by atoms with Gasteiger partial charge in [-0.3, -0.25) is 0 Å². The molecule has 0 aromatic carbocycles. The van der Waals surface area contributed by atoms with E-state index in [-0.39, 0.29) is 0 Å². The maximum Gasteiger partial charge on any atom is 0.00696 e. The van der Waals surface area contributed by atoms with E-state index in [0.29, 0.717) is 6.04 Å². The Kier molecular flexibility index (Phi) is 3.38. The molecule has 1 heteroatoms. The van der Waals surface area contributed by atoms with E-state index in [9.17, 15) is 0 Å². The summed E-state index contributed by atoms with van der Waals surface area (Å²) in [5.74, 6) is 1.70. The highest BCUT2D eigenvalue weighted by Crippen LogP contribution is 2.30. The van der Waals surface area contributed by atoms with Crippen LogP contribution in [0.4, 0.5) is 0 Å². The molecule has 2 N–H and O–H groups in total. The second kappa shape index (κ2) is 4.10. The molecule has 0 bridgehead atoms. The van der Waals surface area contributed by atoms with Crippen LogP contribution in [0.3, 0.4) is 0 Å². The molecule has 0 aromatic rings. The largest absolute Gasteiger partial charge is 0.327 e. The molecule has 0 spiro atoms. The fraction of sp³-hybridized carbons (Fsp3) is 1.00. The van der Waals surface area contributed by atoms with Gasteiger partial charge >= 0.3 is 0 Å². The molecule has 3 atom stereocenters. The number of hydrogen-bond acceptors (Lipinski definition) is 1. The number of nitrogens with two attached hydrogens (primary N) is 1. The smallest absolute Gasteiger partial charge is 0.00696 e. The van der Waals surface area contributed by atoms with Crippen molar-refractivity contribution in [3.8, 4) is 0 Å². The molecule has 0 aliphatic heterocycles. The monoisotopic (exact) mass is 155 g/mol. The summed E-state index contributed by atoms with van der Waals surface area (Å²) in [6, 6.07) is 0.499. The van der Waals surface area contributed by atoms with E-state index in [4.69, 9.17) is 5.73 Å². The van der Waals surface area contributed by atoms with Gasteiger partial charge in [0.2, 0.25) is 0 Å². The average molecular weight is 155 g/mol. The van der Waals surface area contributed by atoms with E-state index in [0.717, 1.165) is 11.8 Å². The fourth-order valence-electron chi connectivity index (χ4n) is 2.22. The van der Waals surface area contributed by atoms with E-state index < -0.39 is 0 Å². The standard InChI is InChI=1S/C10H21N/c1-3-4-9-6-5-8(2)7-10(9)11/h8-10H,3-7,11H2,1-2H3/t8-,9+,10+/m0/s1. The average Bonchev–Trinajstić information content (AvgIpc) is 1.95. The summed E-state index contributed by atoms with van der Waals surface area (Å²) in [4.78, 5) is 0. The molecule has 1 aliphatic carbocycles. The van der Waals surface area contributed by atoms with Crippen molar-refractivity contribution in [1.29, 1.82) is 0 Å². The molecular weight excluding hydrogens is 134 g/mol. The van der Waals surface area contributed by atoms with Crippen LogP contribution in [0.1, 0.15) is 46.0 Å². The van der Waals surface area contributed by atoms with Gasteiger partial charge in [0.15, 0.2) is 0 Å². The van der Waals surface area contributed by atoms with Crippen molar-refractivity contribution in [2.24, 2.45) is 17.6 Å². The summed E-state index contributed by atoms with van der Waals surface area (Å²) in [5, 5.41) is 0. The van der Waals surface area contributed by atoms with Gasteiger partial charge < -0.3 is 5.73 Å². The maximum atomic E-state index is 6.06. The first-order chi connectivity index (χ1) is 5.24. The predicted octanol–water partition coefficient (Wildman–Crippen LogP) is 2.55. The Hall–Kier alpha value is -0.0400. The molecule has 0 saturated heterocycles. The van der Waals surface area contributed by atoms with Gasteiger partial charge in [-0.15, -0.1) is 0 Å². The minimum absolute atomic E-state index is 0.499. The van der Waals surface area contributed by atoms with Crippen LogP contribution in [0.15, 0.2) is 0 Å². The molecule has 1 saturated carbocycles. The molecule has 0 radical (unpaired) electrons. The Morgan fingerprint density at radius 2 is 2.09 bits per heavy atom. The molecule has 0 aromatic heterocycles. The Balaban J connectivity index is 2.31. The van der Waals surface area contributed by atoms with Crippen molar-refractivity contribution in [2.45, 2.75) is 52.0 Å². The minimum atomic E-state index is 0.499. The predicted molar refractivity (Wildman–Crippen MR) is 49.4 cm³/mol. The third-order valence-electron chi connectivity index (χ3n) is 2.97. The highest BCUT2D eigenvalue weighted by Gasteiger charge is 2.24. The first-order valence-corrected chi connectivity index (χ1v) is 4.99. The van der Waals surface area contributed by atoms with Gasteiger partial charge in [-0.1, -0.05) is 26.7 Å². The lowest BCUT2D eigenvalue weighted by Gasteiger charge is -2.32. The van der Waals surface area contributed by atoms with E-state index in [1.807, 2.05) is 0 Å². The quantitative estimate of drug-likeness (QED) is 0.651. The third-order valence-corrected chi connectivity index (χ3v) is 2.97. The van der Waals surface area contributed by atoms with Gasteiger partial charge in [-0.25, -0.2) is 0 Å². The van der Waals surface area contributed by atoms with Gasteiger partial charge in [-0.2, -0.15) is 0 Å². The van der Waals surface area contributed by atoms with Crippen molar-refractivity contribution >= 4 is 0 Å². The van der Waals surface area contributed by atoms with E-state index in [2.05, 4.69) is 13.8 Å². The second-order valence-corrected chi connectivity index (χ2v) is 4.13. The molecule has 11 heavy (non-hydrogen) atoms. The summed E-state index contributed by atoms with van der Waals surface area (Å²) in [6.45, 7) is 4.58. The zero-order chi connectivity index (χ0) is 8.27. The van der Waals surface area contributed by atoms with Gasteiger partial charge in [-0.05, 0) is 31.1 Å². The Morgan fingerprint density at radius 3 is 2.64 bits per heavy atom. The summed E-state index contributed by atoms with van der Waals surface area (Å²) in [5.41, 5.74) is 6.06. The van der Waals surface area contributed by atoms with Gasteiger partial charge in [0.1, 0.15) is 0 Å². The van der Waals surface area contributed by atoms with Crippen LogP contribution in [0, 0.1) is 11.8 Å². The van der Waals surface area contributed by atoms with Crippen molar-refractivity contribution in [1.82, 2.24) is 0 Å². The van der Waals surface area contributed by atoms with E-state index >= 15 is 0 Å². The zero-order valence-electron chi connectivity index (χ0n) is 7.84. The van der Waals surface area contributed by atoms with Crippen LogP contribution in [0.25, 0.3) is 0 Å². The first-order valence-electron chi connectivity index (χ1n) is 4.99.